The van der Waals surface area contributed by atoms with Crippen molar-refractivity contribution >= 4 is 28.2 Å². The number of ether oxygens (including phenoxy) is 1. The number of nitrogens with two attached hydrogens (primary N) is 1. The molecule has 2 aromatic heterocycles. The Bertz CT molecular complexity index is 1430. The molecule has 1 atom stereocenters. The quantitative estimate of drug-likeness (QED) is 0.535. The molecule has 0 aliphatic carbocycles. The molecule has 2 saturated heterocycles. The summed E-state index contributed by atoms with van der Waals surface area (Å²) in [5.74, 6) is 0.0847. The molecule has 39 heavy (non-hydrogen) atoms. The number of nitrogens with zero attached hydrogens (tertiary/aromatic N) is 4. The van der Waals surface area contributed by atoms with Crippen LogP contribution in [0.4, 0.5) is 5.00 Å². The minimum absolute atomic E-state index is 0.00678. The summed E-state index contributed by atoms with van der Waals surface area (Å²) in [6.45, 7) is 8.46. The Kier molecular flexibility index (Phi) is 6.69. The molecule has 0 bridgehead atoms. The first kappa shape index (κ1) is 26.0. The van der Waals surface area contributed by atoms with Gasteiger partial charge in [-0.2, -0.15) is 0 Å². The third kappa shape index (κ3) is 4.73. The zero-order chi connectivity index (χ0) is 27.3. The molecule has 3 aliphatic heterocycles. The van der Waals surface area contributed by atoms with Crippen LogP contribution in [0.3, 0.4) is 0 Å². The maximum absolute atomic E-state index is 13.5. The minimum atomic E-state index is -0.287. The highest BCUT2D eigenvalue weighted by atomic mass is 32.1. The highest BCUT2D eigenvalue weighted by Crippen LogP contribution is 2.48. The molecular weight excluding hydrogens is 510 g/mol. The molecule has 3 aliphatic rings. The lowest BCUT2D eigenvalue weighted by atomic mass is 9.85. The van der Waals surface area contributed by atoms with Crippen molar-refractivity contribution in [2.75, 3.05) is 51.3 Å². The van der Waals surface area contributed by atoms with Gasteiger partial charge in [0, 0.05) is 67.7 Å². The number of anilines is 1. The summed E-state index contributed by atoms with van der Waals surface area (Å²) in [5, 5.41) is 1.12. The van der Waals surface area contributed by atoms with Gasteiger partial charge in [0.2, 0.25) is 0 Å². The van der Waals surface area contributed by atoms with Gasteiger partial charge in [-0.25, -0.2) is 0 Å². The Morgan fingerprint density at radius 2 is 1.92 bits per heavy atom. The molecule has 8 nitrogen and oxygen atoms in total. The zero-order valence-electron chi connectivity index (χ0n) is 22.8. The normalized spacial score (nSPS) is 20.9. The van der Waals surface area contributed by atoms with Gasteiger partial charge in [0.25, 0.3) is 11.8 Å². The number of thiophene rings is 1. The SMILES string of the molecule is CN1C(=O)c2sc(N3CCOCC3)c(-c3ccnc(-c4cccc(C(=O)N5CC[C@@H](N)C5)c4)c3)c2CC1(C)C. The summed E-state index contributed by atoms with van der Waals surface area (Å²) >= 11 is 1.60. The number of carbonyl (C=O) groups is 2. The summed E-state index contributed by atoms with van der Waals surface area (Å²) < 4.78 is 5.63. The highest BCUT2D eigenvalue weighted by Gasteiger charge is 2.40. The molecule has 6 rings (SSSR count). The zero-order valence-corrected chi connectivity index (χ0v) is 23.6. The van der Waals surface area contributed by atoms with Crippen molar-refractivity contribution in [3.8, 4) is 22.4 Å². The maximum Gasteiger partial charge on any atom is 0.264 e. The Balaban J connectivity index is 1.42. The predicted molar refractivity (Wildman–Crippen MR) is 154 cm³/mol. The van der Waals surface area contributed by atoms with Gasteiger partial charge >= 0.3 is 0 Å². The van der Waals surface area contributed by atoms with E-state index in [-0.39, 0.29) is 23.4 Å². The Morgan fingerprint density at radius 1 is 1.13 bits per heavy atom. The Labute approximate surface area is 233 Å². The third-order valence-electron chi connectivity index (χ3n) is 8.27. The standard InChI is InChI=1S/C30H35N5O3S/c1-30(2)17-23-25(29(34-11-13-38-14-12-34)39-26(23)28(37)33(30)3)20-7-9-32-24(16-20)19-5-4-6-21(15-19)27(36)35-10-8-22(31)18-35/h4-7,9,15-16,22H,8,10-14,17-18,31H2,1-3H3/t22-/m1/s1. The van der Waals surface area contributed by atoms with Gasteiger partial charge in [0.15, 0.2) is 0 Å². The smallest absolute Gasteiger partial charge is 0.264 e. The van der Waals surface area contributed by atoms with E-state index >= 15 is 0 Å². The first-order valence-electron chi connectivity index (χ1n) is 13.6. The number of benzene rings is 1. The molecule has 2 fully saturated rings. The van der Waals surface area contributed by atoms with Crippen molar-refractivity contribution in [2.45, 2.75) is 38.3 Å². The first-order valence-corrected chi connectivity index (χ1v) is 14.4. The maximum atomic E-state index is 13.5. The summed E-state index contributed by atoms with van der Waals surface area (Å²) in [6, 6.07) is 11.9. The number of likely N-dealkylation sites (N-methyl/N-ethyl adjacent to an activating group) is 1. The molecule has 0 saturated carbocycles. The van der Waals surface area contributed by atoms with Gasteiger partial charge in [0.05, 0.1) is 23.8 Å². The van der Waals surface area contributed by atoms with Crippen LogP contribution < -0.4 is 10.6 Å². The average Bonchev–Trinajstić information content (AvgIpc) is 3.55. The van der Waals surface area contributed by atoms with Crippen molar-refractivity contribution < 1.29 is 14.3 Å². The fraction of sp³-hybridized carbons (Fsp3) is 0.433. The number of fused-ring (bicyclic) bond motifs is 1. The lowest BCUT2D eigenvalue weighted by Gasteiger charge is -2.39. The van der Waals surface area contributed by atoms with Gasteiger partial charge in [-0.05, 0) is 62.1 Å². The third-order valence-corrected chi connectivity index (χ3v) is 9.55. The second-order valence-electron chi connectivity index (χ2n) is 11.4. The van der Waals surface area contributed by atoms with Crippen LogP contribution in [-0.4, -0.2) is 84.6 Å². The van der Waals surface area contributed by atoms with Gasteiger partial charge in [-0.1, -0.05) is 12.1 Å². The van der Waals surface area contributed by atoms with Crippen LogP contribution in [0.1, 0.15) is 45.9 Å². The molecule has 204 valence electrons. The number of amides is 2. The van der Waals surface area contributed by atoms with Crippen LogP contribution in [0, 0.1) is 0 Å². The predicted octanol–water partition coefficient (Wildman–Crippen LogP) is 3.89. The number of likely N-dealkylation sites (tertiary alicyclic amines) is 1. The van der Waals surface area contributed by atoms with Crippen LogP contribution in [0.5, 0.6) is 0 Å². The lowest BCUT2D eigenvalue weighted by molar-refractivity contribution is 0.0599. The second kappa shape index (κ2) is 10.0. The van der Waals surface area contributed by atoms with E-state index in [0.29, 0.717) is 31.9 Å². The van der Waals surface area contributed by atoms with Crippen molar-refractivity contribution in [1.82, 2.24) is 14.8 Å². The number of aromatic nitrogens is 1. The largest absolute Gasteiger partial charge is 0.378 e. The number of pyridine rings is 1. The highest BCUT2D eigenvalue weighted by molar-refractivity contribution is 7.19. The van der Waals surface area contributed by atoms with E-state index in [1.54, 1.807) is 11.3 Å². The summed E-state index contributed by atoms with van der Waals surface area (Å²) in [7, 11) is 1.90. The first-order chi connectivity index (χ1) is 18.7. The number of rotatable bonds is 4. The number of morpholine rings is 1. The fourth-order valence-electron chi connectivity index (χ4n) is 5.77. The van der Waals surface area contributed by atoms with Crippen LogP contribution in [0.2, 0.25) is 0 Å². The van der Waals surface area contributed by atoms with E-state index in [1.807, 2.05) is 53.4 Å². The van der Waals surface area contributed by atoms with E-state index < -0.39 is 0 Å². The summed E-state index contributed by atoms with van der Waals surface area (Å²) in [5.41, 5.74) is 11.3. The van der Waals surface area contributed by atoms with E-state index in [2.05, 4.69) is 29.8 Å². The van der Waals surface area contributed by atoms with Crippen molar-refractivity contribution in [1.29, 1.82) is 0 Å². The minimum Gasteiger partial charge on any atom is -0.378 e. The topological polar surface area (TPSA) is 92.0 Å². The van der Waals surface area contributed by atoms with E-state index in [1.165, 1.54) is 0 Å². The average molecular weight is 546 g/mol. The van der Waals surface area contributed by atoms with Crippen LogP contribution >= 0.6 is 11.3 Å². The van der Waals surface area contributed by atoms with Crippen molar-refractivity contribution in [3.05, 3.63) is 58.6 Å². The van der Waals surface area contributed by atoms with Gasteiger partial charge < -0.3 is 25.2 Å². The molecule has 0 spiro atoms. The van der Waals surface area contributed by atoms with Crippen molar-refractivity contribution in [3.63, 3.8) is 0 Å². The fourth-order valence-corrected chi connectivity index (χ4v) is 7.14. The van der Waals surface area contributed by atoms with Crippen LogP contribution in [0.15, 0.2) is 42.6 Å². The van der Waals surface area contributed by atoms with E-state index in [0.717, 1.165) is 63.8 Å². The number of hydrogen-bond acceptors (Lipinski definition) is 7. The molecule has 0 radical (unpaired) electrons. The monoisotopic (exact) mass is 545 g/mol. The summed E-state index contributed by atoms with van der Waals surface area (Å²) in [6.07, 6.45) is 3.44. The van der Waals surface area contributed by atoms with E-state index in [4.69, 9.17) is 10.5 Å². The molecule has 1 aromatic carbocycles. The van der Waals surface area contributed by atoms with Gasteiger partial charge in [-0.15, -0.1) is 11.3 Å². The molecule has 0 unspecified atom stereocenters. The van der Waals surface area contributed by atoms with Gasteiger partial charge in [0.1, 0.15) is 5.00 Å². The second-order valence-corrected chi connectivity index (χ2v) is 12.4. The molecule has 2 amide bonds. The Hall–Kier alpha value is -3.27. The Morgan fingerprint density at radius 3 is 2.67 bits per heavy atom. The molecule has 2 N–H and O–H groups in total. The number of carbonyl (C=O) groups excluding carboxylic acids is 2. The summed E-state index contributed by atoms with van der Waals surface area (Å²) in [4.78, 5) is 38.2. The van der Waals surface area contributed by atoms with Crippen molar-refractivity contribution in [2.24, 2.45) is 5.73 Å². The molecule has 3 aromatic rings. The lowest BCUT2D eigenvalue weighted by Crippen LogP contribution is -2.49. The van der Waals surface area contributed by atoms with Crippen LogP contribution in [-0.2, 0) is 11.2 Å². The number of hydrogen-bond donors (Lipinski definition) is 1. The van der Waals surface area contributed by atoms with Crippen LogP contribution in [0.25, 0.3) is 22.4 Å². The molecular formula is C30H35N5O3S. The van der Waals surface area contributed by atoms with E-state index in [9.17, 15) is 9.59 Å². The molecule has 9 heteroatoms. The molecule has 5 heterocycles. The van der Waals surface area contributed by atoms with Gasteiger partial charge in [-0.3, -0.25) is 14.6 Å².